The number of nitro benzene ring substituents is 1. The van der Waals surface area contributed by atoms with Crippen LogP contribution in [-0.4, -0.2) is 30.1 Å². The molecule has 32 heavy (non-hydrogen) atoms. The molecule has 0 amide bonds. The minimum absolute atomic E-state index is 0.0153. The monoisotopic (exact) mass is 435 g/mol. The fourth-order valence-corrected chi connectivity index (χ4v) is 5.37. The number of ether oxygens (including phenoxy) is 2. The second kappa shape index (κ2) is 8.94. The number of benzene rings is 2. The van der Waals surface area contributed by atoms with Crippen molar-refractivity contribution in [3.05, 3.63) is 87.0 Å². The van der Waals surface area contributed by atoms with Crippen molar-refractivity contribution in [2.75, 3.05) is 13.2 Å². The van der Waals surface area contributed by atoms with Crippen LogP contribution in [0.3, 0.4) is 0 Å². The molecule has 0 heterocycles. The first-order chi connectivity index (χ1) is 15.5. The smallest absolute Gasteiger partial charge is 0.334 e. The van der Waals surface area contributed by atoms with Crippen LogP contribution in [0.5, 0.6) is 0 Å². The van der Waals surface area contributed by atoms with E-state index in [-0.39, 0.29) is 42.6 Å². The molecule has 0 N–H and O–H groups in total. The van der Waals surface area contributed by atoms with E-state index >= 15 is 0 Å². The molecule has 2 bridgehead atoms. The van der Waals surface area contributed by atoms with Gasteiger partial charge in [-0.15, -0.1) is 0 Å². The standard InChI is InChI=1S/C25H25NO6/c1-3-31-24(27)22-18-14-19(23(22)25(28)32-4-2)21(20(18)15-8-6-5-7-9-15)16-10-12-17(13-11-16)26(29)30/h5-13,18-21H,3-4,14H2,1-2H3/t18-,19+,20+,21-/m1/s1. The summed E-state index contributed by atoms with van der Waals surface area (Å²) >= 11 is 0. The molecule has 0 radical (unpaired) electrons. The minimum Gasteiger partial charge on any atom is -0.463 e. The Morgan fingerprint density at radius 3 is 1.75 bits per heavy atom. The lowest BCUT2D eigenvalue weighted by Crippen LogP contribution is -2.29. The van der Waals surface area contributed by atoms with Gasteiger partial charge >= 0.3 is 11.9 Å². The molecule has 0 unspecified atom stereocenters. The summed E-state index contributed by atoms with van der Waals surface area (Å²) in [7, 11) is 0. The van der Waals surface area contributed by atoms with Gasteiger partial charge in [0.25, 0.3) is 5.69 Å². The average molecular weight is 435 g/mol. The Hall–Kier alpha value is -3.48. The van der Waals surface area contributed by atoms with Crippen LogP contribution in [0.1, 0.15) is 43.2 Å². The van der Waals surface area contributed by atoms with Gasteiger partial charge in [0.15, 0.2) is 0 Å². The number of hydrogen-bond acceptors (Lipinski definition) is 6. The van der Waals surface area contributed by atoms with Gasteiger partial charge in [-0.05, 0) is 55.1 Å². The zero-order chi connectivity index (χ0) is 22.8. The predicted molar refractivity (Wildman–Crippen MR) is 117 cm³/mol. The van der Waals surface area contributed by atoms with Crippen molar-refractivity contribution in [1.82, 2.24) is 0 Å². The first-order valence-corrected chi connectivity index (χ1v) is 10.9. The third-order valence-corrected chi connectivity index (χ3v) is 6.46. The summed E-state index contributed by atoms with van der Waals surface area (Å²) in [5.74, 6) is -1.54. The Labute approximate surface area is 186 Å². The van der Waals surface area contributed by atoms with Gasteiger partial charge in [-0.2, -0.15) is 0 Å². The number of esters is 2. The van der Waals surface area contributed by atoms with Crippen LogP contribution in [0, 0.1) is 22.0 Å². The van der Waals surface area contributed by atoms with Crippen molar-refractivity contribution < 1.29 is 24.0 Å². The number of nitro groups is 1. The molecule has 0 spiro atoms. The predicted octanol–water partition coefficient (Wildman–Crippen LogP) is 4.53. The molecule has 2 aliphatic carbocycles. The molecule has 4 atom stereocenters. The second-order valence-corrected chi connectivity index (χ2v) is 8.03. The fourth-order valence-electron chi connectivity index (χ4n) is 5.37. The molecule has 166 valence electrons. The molecule has 1 saturated carbocycles. The zero-order valence-electron chi connectivity index (χ0n) is 18.0. The third-order valence-electron chi connectivity index (χ3n) is 6.46. The SMILES string of the molecule is CCOC(=O)C1=C(C(=O)OCC)[C@@H]2C[C@H]1[C@@H](c1ccc([N+](=O)[O-])cc1)[C@H]2c1ccccc1. The maximum atomic E-state index is 12.9. The summed E-state index contributed by atoms with van der Waals surface area (Å²) in [6.07, 6.45) is 0.628. The quantitative estimate of drug-likeness (QED) is 0.360. The largest absolute Gasteiger partial charge is 0.463 e. The lowest BCUT2D eigenvalue weighted by Gasteiger charge is -2.33. The summed E-state index contributed by atoms with van der Waals surface area (Å²) in [5, 5.41) is 11.1. The Balaban J connectivity index is 1.85. The number of hydrogen-bond donors (Lipinski definition) is 0. The highest BCUT2D eigenvalue weighted by Crippen LogP contribution is 2.63. The lowest BCUT2D eigenvalue weighted by molar-refractivity contribution is -0.384. The summed E-state index contributed by atoms with van der Waals surface area (Å²) in [6, 6.07) is 16.4. The first kappa shape index (κ1) is 21.7. The van der Waals surface area contributed by atoms with E-state index < -0.39 is 16.9 Å². The Morgan fingerprint density at radius 2 is 1.31 bits per heavy atom. The zero-order valence-corrected chi connectivity index (χ0v) is 18.0. The normalized spacial score (nSPS) is 23.8. The van der Waals surface area contributed by atoms with Crippen LogP contribution in [0.25, 0.3) is 0 Å². The van der Waals surface area contributed by atoms with Gasteiger partial charge in [-0.1, -0.05) is 42.5 Å². The van der Waals surface area contributed by atoms with Crippen molar-refractivity contribution in [3.8, 4) is 0 Å². The van der Waals surface area contributed by atoms with Crippen LogP contribution in [0.4, 0.5) is 5.69 Å². The molecule has 0 aromatic heterocycles. The van der Waals surface area contributed by atoms with Crippen LogP contribution < -0.4 is 0 Å². The second-order valence-electron chi connectivity index (χ2n) is 8.03. The van der Waals surface area contributed by atoms with Gasteiger partial charge in [0, 0.05) is 12.1 Å². The summed E-state index contributed by atoms with van der Waals surface area (Å²) in [5.41, 5.74) is 2.80. The van der Waals surface area contributed by atoms with E-state index in [9.17, 15) is 19.7 Å². The number of fused-ring (bicyclic) bond motifs is 2. The van der Waals surface area contributed by atoms with E-state index in [1.807, 2.05) is 30.3 Å². The summed E-state index contributed by atoms with van der Waals surface area (Å²) in [4.78, 5) is 36.6. The fraction of sp³-hybridized carbons (Fsp3) is 0.360. The molecule has 2 aromatic rings. The number of carbonyl (C=O) groups is 2. The van der Waals surface area contributed by atoms with Gasteiger partial charge in [-0.25, -0.2) is 9.59 Å². The Kier molecular flexibility index (Phi) is 6.08. The lowest BCUT2D eigenvalue weighted by atomic mass is 9.70. The molecular formula is C25H25NO6. The van der Waals surface area contributed by atoms with Crippen LogP contribution in [0.15, 0.2) is 65.7 Å². The van der Waals surface area contributed by atoms with Crippen molar-refractivity contribution in [2.45, 2.75) is 32.1 Å². The van der Waals surface area contributed by atoms with Gasteiger partial charge in [0.1, 0.15) is 0 Å². The van der Waals surface area contributed by atoms with Crippen molar-refractivity contribution in [1.29, 1.82) is 0 Å². The molecule has 7 heteroatoms. The number of nitrogens with zero attached hydrogens (tertiary/aromatic N) is 1. The number of rotatable bonds is 7. The van der Waals surface area contributed by atoms with E-state index in [0.29, 0.717) is 17.6 Å². The molecular weight excluding hydrogens is 410 g/mol. The Morgan fingerprint density at radius 1 is 0.844 bits per heavy atom. The van der Waals surface area contributed by atoms with Crippen LogP contribution in [0.2, 0.25) is 0 Å². The van der Waals surface area contributed by atoms with Crippen LogP contribution >= 0.6 is 0 Å². The summed E-state index contributed by atoms with van der Waals surface area (Å²) < 4.78 is 10.6. The van der Waals surface area contributed by atoms with Gasteiger partial charge < -0.3 is 9.47 Å². The maximum Gasteiger partial charge on any atom is 0.334 e. The van der Waals surface area contributed by atoms with E-state index in [0.717, 1.165) is 11.1 Å². The van der Waals surface area contributed by atoms with Gasteiger partial charge in [0.05, 0.1) is 29.3 Å². The van der Waals surface area contributed by atoms with E-state index in [1.165, 1.54) is 12.1 Å². The average Bonchev–Trinajstić information content (AvgIpc) is 3.36. The van der Waals surface area contributed by atoms with Crippen LogP contribution in [-0.2, 0) is 19.1 Å². The van der Waals surface area contributed by atoms with Crippen molar-refractivity contribution >= 4 is 17.6 Å². The number of carbonyl (C=O) groups excluding carboxylic acids is 2. The molecule has 2 aromatic carbocycles. The highest BCUT2D eigenvalue weighted by molar-refractivity contribution is 6.03. The van der Waals surface area contributed by atoms with Crippen molar-refractivity contribution in [3.63, 3.8) is 0 Å². The van der Waals surface area contributed by atoms with E-state index in [2.05, 4.69) is 0 Å². The first-order valence-electron chi connectivity index (χ1n) is 10.9. The highest BCUT2D eigenvalue weighted by atomic mass is 16.6. The third kappa shape index (κ3) is 3.68. The minimum atomic E-state index is -0.485. The number of non-ortho nitro benzene ring substituents is 1. The van der Waals surface area contributed by atoms with E-state index in [1.54, 1.807) is 26.0 Å². The Bertz CT molecular complexity index is 1060. The maximum absolute atomic E-state index is 12.9. The van der Waals surface area contributed by atoms with Crippen molar-refractivity contribution in [2.24, 2.45) is 11.8 Å². The molecule has 7 nitrogen and oxygen atoms in total. The summed E-state index contributed by atoms with van der Waals surface area (Å²) in [6.45, 7) is 3.90. The van der Waals surface area contributed by atoms with Gasteiger partial charge in [0.2, 0.25) is 0 Å². The molecule has 2 aliphatic rings. The molecule has 0 aliphatic heterocycles. The molecule has 1 fully saturated rings. The van der Waals surface area contributed by atoms with E-state index in [4.69, 9.17) is 9.47 Å². The topological polar surface area (TPSA) is 95.7 Å². The molecule has 0 saturated heterocycles. The highest BCUT2D eigenvalue weighted by Gasteiger charge is 2.57. The van der Waals surface area contributed by atoms with Gasteiger partial charge in [-0.3, -0.25) is 10.1 Å². The molecule has 4 rings (SSSR count).